The Labute approximate surface area is 113 Å². The molecule has 0 fully saturated rings. The Hall–Kier alpha value is -0.560. The molecule has 16 heavy (non-hydrogen) atoms. The molecule has 0 radical (unpaired) electrons. The quantitative estimate of drug-likeness (QED) is 0.622. The fourth-order valence-electron chi connectivity index (χ4n) is 0.902. The lowest BCUT2D eigenvalue weighted by molar-refractivity contribution is 0.190. The van der Waals surface area contributed by atoms with E-state index in [0.29, 0.717) is 10.9 Å². The smallest absolute Gasteiger partial charge is 0.408 e. The van der Waals surface area contributed by atoms with Crippen LogP contribution < -0.4 is 10.1 Å². The molecule has 0 unspecified atom stereocenters. The van der Waals surface area contributed by atoms with Gasteiger partial charge in [-0.15, -0.1) is 0 Å². The molecule has 0 spiro atoms. The van der Waals surface area contributed by atoms with Crippen LogP contribution in [-0.2, 0) is 0 Å². The van der Waals surface area contributed by atoms with Gasteiger partial charge in [0.15, 0.2) is 5.75 Å². The maximum Gasteiger partial charge on any atom is 0.413 e. The standard InChI is InChI=1S/C10H12ClIN2O2/c1-10(2,3)14-9(15)16-7-5-13-8(11)4-6(7)12/h4-5H,1-3H3,(H,14,15). The summed E-state index contributed by atoms with van der Waals surface area (Å²) < 4.78 is 5.84. The first-order valence-electron chi connectivity index (χ1n) is 4.59. The highest BCUT2D eigenvalue weighted by Crippen LogP contribution is 2.22. The monoisotopic (exact) mass is 354 g/mol. The molecule has 0 aliphatic rings. The lowest BCUT2D eigenvalue weighted by atomic mass is 10.1. The minimum atomic E-state index is -0.505. The zero-order valence-corrected chi connectivity index (χ0v) is 12.1. The molecule has 1 amide bonds. The Morgan fingerprint density at radius 1 is 1.56 bits per heavy atom. The molecule has 88 valence electrons. The summed E-state index contributed by atoms with van der Waals surface area (Å²) in [4.78, 5) is 15.3. The highest BCUT2D eigenvalue weighted by molar-refractivity contribution is 14.1. The van der Waals surface area contributed by atoms with Crippen LogP contribution in [0.15, 0.2) is 12.3 Å². The number of pyridine rings is 1. The molecule has 1 rings (SSSR count). The second-order valence-electron chi connectivity index (χ2n) is 4.20. The first-order chi connectivity index (χ1) is 7.28. The number of hydrogen-bond donors (Lipinski definition) is 1. The summed E-state index contributed by atoms with van der Waals surface area (Å²) in [5.74, 6) is 0.395. The third kappa shape index (κ3) is 4.52. The Morgan fingerprint density at radius 2 is 2.19 bits per heavy atom. The summed E-state index contributed by atoms with van der Waals surface area (Å²) in [5, 5.41) is 3.05. The largest absolute Gasteiger partial charge is 0.413 e. The first-order valence-corrected chi connectivity index (χ1v) is 6.04. The number of nitrogens with zero attached hydrogens (tertiary/aromatic N) is 1. The van der Waals surface area contributed by atoms with Crippen LogP contribution in [0.2, 0.25) is 5.15 Å². The van der Waals surface area contributed by atoms with Crippen LogP contribution in [0.3, 0.4) is 0 Å². The summed E-state index contributed by atoms with van der Waals surface area (Å²) in [6.07, 6.45) is 0.918. The summed E-state index contributed by atoms with van der Waals surface area (Å²) >= 11 is 7.72. The third-order valence-corrected chi connectivity index (χ3v) is 2.52. The lowest BCUT2D eigenvalue weighted by Gasteiger charge is -2.19. The molecule has 1 N–H and O–H groups in total. The minimum Gasteiger partial charge on any atom is -0.408 e. The molecule has 0 aliphatic heterocycles. The number of carbonyl (C=O) groups is 1. The van der Waals surface area contributed by atoms with Crippen molar-refractivity contribution in [1.82, 2.24) is 10.3 Å². The molecule has 0 atom stereocenters. The van der Waals surface area contributed by atoms with Crippen molar-refractivity contribution < 1.29 is 9.53 Å². The Balaban J connectivity index is 2.70. The molecule has 1 heterocycles. The number of hydrogen-bond acceptors (Lipinski definition) is 3. The number of rotatable bonds is 1. The molecule has 1 aromatic heterocycles. The maximum absolute atomic E-state index is 11.5. The van der Waals surface area contributed by atoms with Crippen molar-refractivity contribution in [3.63, 3.8) is 0 Å². The average Bonchev–Trinajstić information content (AvgIpc) is 2.06. The predicted octanol–water partition coefficient (Wildman–Crippen LogP) is 3.23. The lowest BCUT2D eigenvalue weighted by Crippen LogP contribution is -2.42. The van der Waals surface area contributed by atoms with E-state index in [1.54, 1.807) is 6.07 Å². The van der Waals surface area contributed by atoms with E-state index in [1.165, 1.54) is 6.20 Å². The van der Waals surface area contributed by atoms with Crippen LogP contribution in [0.1, 0.15) is 20.8 Å². The average molecular weight is 355 g/mol. The van der Waals surface area contributed by atoms with Gasteiger partial charge in [-0.05, 0) is 49.4 Å². The first kappa shape index (κ1) is 13.5. The van der Waals surface area contributed by atoms with Crippen LogP contribution in [0, 0.1) is 3.57 Å². The second kappa shape index (κ2) is 5.18. The van der Waals surface area contributed by atoms with Gasteiger partial charge in [-0.25, -0.2) is 9.78 Å². The van der Waals surface area contributed by atoms with Crippen molar-refractivity contribution in [3.05, 3.63) is 21.0 Å². The van der Waals surface area contributed by atoms with Crippen molar-refractivity contribution in [2.75, 3.05) is 0 Å². The maximum atomic E-state index is 11.5. The molecular weight excluding hydrogens is 342 g/mol. The fourth-order valence-corrected chi connectivity index (χ4v) is 1.79. The molecule has 0 bridgehead atoms. The molecule has 0 aromatic carbocycles. The Bertz CT molecular complexity index is 404. The summed E-state index contributed by atoms with van der Waals surface area (Å²) in [6.45, 7) is 5.62. The second-order valence-corrected chi connectivity index (χ2v) is 5.75. The van der Waals surface area contributed by atoms with Gasteiger partial charge in [-0.3, -0.25) is 0 Å². The van der Waals surface area contributed by atoms with Crippen LogP contribution >= 0.6 is 34.2 Å². The van der Waals surface area contributed by atoms with E-state index in [0.717, 1.165) is 3.57 Å². The van der Waals surface area contributed by atoms with E-state index in [4.69, 9.17) is 16.3 Å². The van der Waals surface area contributed by atoms with Crippen LogP contribution in [-0.4, -0.2) is 16.6 Å². The van der Waals surface area contributed by atoms with Crippen molar-refractivity contribution in [3.8, 4) is 5.75 Å². The van der Waals surface area contributed by atoms with E-state index in [2.05, 4.69) is 10.3 Å². The van der Waals surface area contributed by atoms with Crippen molar-refractivity contribution in [1.29, 1.82) is 0 Å². The Kier molecular flexibility index (Phi) is 4.37. The van der Waals surface area contributed by atoms with Gasteiger partial charge < -0.3 is 10.1 Å². The topological polar surface area (TPSA) is 51.2 Å². The zero-order chi connectivity index (χ0) is 12.3. The fraction of sp³-hybridized carbons (Fsp3) is 0.400. The van der Waals surface area contributed by atoms with Gasteiger partial charge in [0.25, 0.3) is 0 Å². The number of nitrogens with one attached hydrogen (secondary N) is 1. The number of carbonyl (C=O) groups excluding carboxylic acids is 1. The van der Waals surface area contributed by atoms with Crippen molar-refractivity contribution in [2.45, 2.75) is 26.3 Å². The molecule has 1 aromatic rings. The molecule has 0 saturated carbocycles. The van der Waals surface area contributed by atoms with E-state index in [1.807, 2.05) is 43.4 Å². The van der Waals surface area contributed by atoms with Gasteiger partial charge >= 0.3 is 6.09 Å². The van der Waals surface area contributed by atoms with E-state index in [9.17, 15) is 4.79 Å². The van der Waals surface area contributed by atoms with Gasteiger partial charge in [-0.2, -0.15) is 0 Å². The normalized spacial score (nSPS) is 11.1. The van der Waals surface area contributed by atoms with Gasteiger partial charge in [0.2, 0.25) is 0 Å². The third-order valence-electron chi connectivity index (χ3n) is 1.47. The number of halogens is 2. The van der Waals surface area contributed by atoms with E-state index < -0.39 is 6.09 Å². The predicted molar refractivity (Wildman–Crippen MR) is 70.9 cm³/mol. The zero-order valence-electron chi connectivity index (χ0n) is 9.17. The number of amides is 1. The molecule has 0 saturated heterocycles. The van der Waals surface area contributed by atoms with Crippen LogP contribution in [0.5, 0.6) is 5.75 Å². The summed E-state index contributed by atoms with van der Waals surface area (Å²) in [6, 6.07) is 1.63. The Morgan fingerprint density at radius 3 is 2.69 bits per heavy atom. The number of ether oxygens (including phenoxy) is 1. The van der Waals surface area contributed by atoms with Crippen LogP contribution in [0.4, 0.5) is 4.79 Å². The SMILES string of the molecule is CC(C)(C)NC(=O)Oc1cnc(Cl)cc1I. The van der Waals surface area contributed by atoms with Gasteiger partial charge in [-0.1, -0.05) is 11.6 Å². The van der Waals surface area contributed by atoms with E-state index >= 15 is 0 Å². The molecular formula is C10H12ClIN2O2. The highest BCUT2D eigenvalue weighted by atomic mass is 127. The van der Waals surface area contributed by atoms with Gasteiger partial charge in [0.05, 0.1) is 9.77 Å². The van der Waals surface area contributed by atoms with Crippen LogP contribution in [0.25, 0.3) is 0 Å². The molecule has 6 heteroatoms. The van der Waals surface area contributed by atoms with Gasteiger partial charge in [0.1, 0.15) is 5.15 Å². The minimum absolute atomic E-state index is 0.331. The molecule has 4 nitrogen and oxygen atoms in total. The van der Waals surface area contributed by atoms with E-state index in [-0.39, 0.29) is 5.54 Å². The summed E-state index contributed by atoms with van der Waals surface area (Å²) in [5.41, 5.74) is -0.331. The number of aromatic nitrogens is 1. The molecule has 0 aliphatic carbocycles. The van der Waals surface area contributed by atoms with Crippen molar-refractivity contribution >= 4 is 40.3 Å². The summed E-state index contributed by atoms with van der Waals surface area (Å²) in [7, 11) is 0. The van der Waals surface area contributed by atoms with Gasteiger partial charge in [0, 0.05) is 5.54 Å². The highest BCUT2D eigenvalue weighted by Gasteiger charge is 2.16. The van der Waals surface area contributed by atoms with Crippen molar-refractivity contribution in [2.24, 2.45) is 0 Å².